The molecule has 100 valence electrons. The summed E-state index contributed by atoms with van der Waals surface area (Å²) in [5, 5.41) is 12.2. The third-order valence-corrected chi connectivity index (χ3v) is 4.63. The molecule has 0 aromatic carbocycles. The summed E-state index contributed by atoms with van der Waals surface area (Å²) in [6.45, 7) is 4.19. The van der Waals surface area contributed by atoms with Crippen LogP contribution < -0.4 is 5.32 Å². The minimum Gasteiger partial charge on any atom is -0.391 e. The largest absolute Gasteiger partial charge is 0.391 e. The van der Waals surface area contributed by atoms with Crippen LogP contribution in [0.25, 0.3) is 0 Å². The fraction of sp³-hybridized carbons (Fsp3) is 0.909. The Morgan fingerprint density at radius 2 is 2.12 bits per heavy atom. The SMILES string of the molecule is CC(C)CC(O)CNC(=O)C1CCS(=O)(=O)C1. The summed E-state index contributed by atoms with van der Waals surface area (Å²) in [6.07, 6.45) is 0.467. The van der Waals surface area contributed by atoms with Crippen LogP contribution in [0.3, 0.4) is 0 Å². The molecule has 1 saturated heterocycles. The van der Waals surface area contributed by atoms with Crippen molar-refractivity contribution < 1.29 is 18.3 Å². The van der Waals surface area contributed by atoms with Gasteiger partial charge in [-0.05, 0) is 18.8 Å². The summed E-state index contributed by atoms with van der Waals surface area (Å²) in [5.41, 5.74) is 0. The highest BCUT2D eigenvalue weighted by molar-refractivity contribution is 7.91. The highest BCUT2D eigenvalue weighted by Gasteiger charge is 2.32. The van der Waals surface area contributed by atoms with Gasteiger partial charge >= 0.3 is 0 Å². The van der Waals surface area contributed by atoms with Gasteiger partial charge in [-0.15, -0.1) is 0 Å². The van der Waals surface area contributed by atoms with Crippen LogP contribution in [0.1, 0.15) is 26.7 Å². The summed E-state index contributed by atoms with van der Waals surface area (Å²) in [6, 6.07) is 0. The molecule has 1 aliphatic heterocycles. The maximum Gasteiger partial charge on any atom is 0.224 e. The average Bonchev–Trinajstić information content (AvgIpc) is 2.54. The number of sulfone groups is 1. The highest BCUT2D eigenvalue weighted by atomic mass is 32.2. The van der Waals surface area contributed by atoms with Crippen molar-refractivity contribution in [3.05, 3.63) is 0 Å². The van der Waals surface area contributed by atoms with E-state index in [0.29, 0.717) is 18.8 Å². The Bertz CT molecular complexity index is 364. The lowest BCUT2D eigenvalue weighted by molar-refractivity contribution is -0.124. The van der Waals surface area contributed by atoms with Crippen molar-refractivity contribution >= 4 is 15.7 Å². The van der Waals surface area contributed by atoms with E-state index < -0.39 is 21.9 Å². The standard InChI is InChI=1S/C11H21NO4S/c1-8(2)5-10(13)6-12-11(14)9-3-4-17(15,16)7-9/h8-10,13H,3-7H2,1-2H3,(H,12,14). The van der Waals surface area contributed by atoms with E-state index in [2.05, 4.69) is 5.32 Å². The number of aliphatic hydroxyl groups is 1. The van der Waals surface area contributed by atoms with Crippen LogP contribution in [0.4, 0.5) is 0 Å². The van der Waals surface area contributed by atoms with Crippen LogP contribution >= 0.6 is 0 Å². The number of hydrogen-bond donors (Lipinski definition) is 2. The van der Waals surface area contributed by atoms with Gasteiger partial charge in [0.2, 0.25) is 5.91 Å². The van der Waals surface area contributed by atoms with E-state index >= 15 is 0 Å². The van der Waals surface area contributed by atoms with Gasteiger partial charge in [-0.25, -0.2) is 8.42 Å². The first kappa shape index (κ1) is 14.4. The maximum atomic E-state index is 11.6. The Hall–Kier alpha value is -0.620. The molecule has 2 N–H and O–H groups in total. The molecular formula is C11H21NO4S. The van der Waals surface area contributed by atoms with Gasteiger partial charge in [0.1, 0.15) is 0 Å². The minimum atomic E-state index is -3.02. The Balaban J connectivity index is 2.31. The van der Waals surface area contributed by atoms with Gasteiger partial charge in [0, 0.05) is 6.54 Å². The van der Waals surface area contributed by atoms with Gasteiger partial charge < -0.3 is 10.4 Å². The first-order chi connectivity index (χ1) is 7.80. The van der Waals surface area contributed by atoms with Crippen molar-refractivity contribution in [1.29, 1.82) is 0 Å². The molecule has 0 radical (unpaired) electrons. The summed E-state index contributed by atoms with van der Waals surface area (Å²) in [5.74, 6) is -0.285. The van der Waals surface area contributed by atoms with Gasteiger partial charge in [-0.3, -0.25) is 4.79 Å². The molecule has 0 bridgehead atoms. The topological polar surface area (TPSA) is 83.5 Å². The number of nitrogens with one attached hydrogen (secondary N) is 1. The molecule has 1 aliphatic rings. The van der Waals surface area contributed by atoms with Gasteiger partial charge in [-0.1, -0.05) is 13.8 Å². The molecule has 2 unspecified atom stereocenters. The molecule has 0 spiro atoms. The van der Waals surface area contributed by atoms with E-state index in [1.54, 1.807) is 0 Å². The van der Waals surface area contributed by atoms with E-state index in [4.69, 9.17) is 0 Å². The lowest BCUT2D eigenvalue weighted by Gasteiger charge is -2.15. The second-order valence-corrected chi connectivity index (χ2v) is 7.36. The van der Waals surface area contributed by atoms with Crippen LogP contribution in [0, 0.1) is 11.8 Å². The summed E-state index contributed by atoms with van der Waals surface area (Å²) in [7, 11) is -3.02. The zero-order chi connectivity index (χ0) is 13.1. The Kier molecular flexibility index (Phi) is 4.94. The Morgan fingerprint density at radius 3 is 2.59 bits per heavy atom. The molecule has 0 saturated carbocycles. The molecule has 0 aromatic heterocycles. The molecule has 2 atom stereocenters. The zero-order valence-corrected chi connectivity index (χ0v) is 11.2. The molecule has 1 fully saturated rings. The lowest BCUT2D eigenvalue weighted by Crippen LogP contribution is -2.37. The lowest BCUT2D eigenvalue weighted by atomic mass is 10.1. The van der Waals surface area contributed by atoms with Crippen molar-refractivity contribution in [3.63, 3.8) is 0 Å². The third kappa shape index (κ3) is 5.04. The zero-order valence-electron chi connectivity index (χ0n) is 10.3. The van der Waals surface area contributed by atoms with E-state index in [-0.39, 0.29) is 24.0 Å². The number of aliphatic hydroxyl groups excluding tert-OH is 1. The van der Waals surface area contributed by atoms with Crippen LogP contribution in [0.15, 0.2) is 0 Å². The Morgan fingerprint density at radius 1 is 1.47 bits per heavy atom. The van der Waals surface area contributed by atoms with Gasteiger partial charge in [0.15, 0.2) is 9.84 Å². The van der Waals surface area contributed by atoms with E-state index in [1.807, 2.05) is 13.8 Å². The van der Waals surface area contributed by atoms with Crippen LogP contribution in [-0.4, -0.2) is 43.6 Å². The van der Waals surface area contributed by atoms with Crippen LogP contribution in [0.2, 0.25) is 0 Å². The summed E-state index contributed by atoms with van der Waals surface area (Å²) in [4.78, 5) is 11.6. The minimum absolute atomic E-state index is 0.0564. The van der Waals surface area contributed by atoms with E-state index in [1.165, 1.54) is 0 Å². The molecule has 17 heavy (non-hydrogen) atoms. The van der Waals surface area contributed by atoms with Gasteiger partial charge in [0.25, 0.3) is 0 Å². The quantitative estimate of drug-likeness (QED) is 0.728. The second-order valence-electron chi connectivity index (χ2n) is 5.13. The molecule has 0 aromatic rings. The predicted molar refractivity (Wildman–Crippen MR) is 65.2 cm³/mol. The molecule has 6 heteroatoms. The van der Waals surface area contributed by atoms with E-state index in [9.17, 15) is 18.3 Å². The fourth-order valence-electron chi connectivity index (χ4n) is 1.99. The molecule has 1 amide bonds. The first-order valence-corrected chi connectivity index (χ1v) is 7.78. The molecule has 5 nitrogen and oxygen atoms in total. The van der Waals surface area contributed by atoms with E-state index in [0.717, 1.165) is 0 Å². The third-order valence-electron chi connectivity index (χ3n) is 2.86. The van der Waals surface area contributed by atoms with Crippen molar-refractivity contribution in [1.82, 2.24) is 5.32 Å². The molecule has 1 heterocycles. The maximum absolute atomic E-state index is 11.6. The van der Waals surface area contributed by atoms with Gasteiger partial charge in [-0.2, -0.15) is 0 Å². The summed E-state index contributed by atoms with van der Waals surface area (Å²) < 4.78 is 22.4. The fourth-order valence-corrected chi connectivity index (χ4v) is 3.73. The van der Waals surface area contributed by atoms with Crippen LogP contribution in [-0.2, 0) is 14.6 Å². The molecular weight excluding hydrogens is 242 g/mol. The first-order valence-electron chi connectivity index (χ1n) is 5.96. The average molecular weight is 263 g/mol. The van der Waals surface area contributed by atoms with Crippen molar-refractivity contribution in [2.45, 2.75) is 32.8 Å². The second kappa shape index (κ2) is 5.82. The molecule has 1 rings (SSSR count). The molecule has 0 aliphatic carbocycles. The van der Waals surface area contributed by atoms with Crippen molar-refractivity contribution in [2.24, 2.45) is 11.8 Å². The van der Waals surface area contributed by atoms with Crippen molar-refractivity contribution in [3.8, 4) is 0 Å². The van der Waals surface area contributed by atoms with Crippen LogP contribution in [0.5, 0.6) is 0 Å². The normalized spacial score (nSPS) is 24.8. The Labute approximate surface area is 103 Å². The monoisotopic (exact) mass is 263 g/mol. The number of carbonyl (C=O) groups is 1. The number of amides is 1. The number of rotatable bonds is 5. The highest BCUT2D eigenvalue weighted by Crippen LogP contribution is 2.18. The smallest absolute Gasteiger partial charge is 0.224 e. The number of carbonyl (C=O) groups excluding carboxylic acids is 1. The summed E-state index contributed by atoms with van der Waals surface area (Å²) >= 11 is 0. The predicted octanol–water partition coefficient (Wildman–Crippen LogP) is -0.0557. The van der Waals surface area contributed by atoms with Gasteiger partial charge in [0.05, 0.1) is 23.5 Å². The van der Waals surface area contributed by atoms with Crippen molar-refractivity contribution in [2.75, 3.05) is 18.1 Å². The number of hydrogen-bond acceptors (Lipinski definition) is 4.